The Balaban J connectivity index is 0.00000243. The van der Waals surface area contributed by atoms with Crippen LogP contribution in [0.5, 0.6) is 11.5 Å². The molecule has 142 valence electrons. The zero-order chi connectivity index (χ0) is 17.5. The first-order valence-electron chi connectivity index (χ1n) is 8.60. The summed E-state index contributed by atoms with van der Waals surface area (Å²) in [7, 11) is 1.81. The summed E-state index contributed by atoms with van der Waals surface area (Å²) in [5.41, 5.74) is 1.22. The number of fused-ring (bicyclic) bond motifs is 1. The first-order chi connectivity index (χ1) is 12.2. The summed E-state index contributed by atoms with van der Waals surface area (Å²) in [6, 6.07) is 10.4. The first-order valence-corrected chi connectivity index (χ1v) is 9.48. The van der Waals surface area contributed by atoms with Gasteiger partial charge in [-0.15, -0.1) is 35.3 Å². The van der Waals surface area contributed by atoms with Crippen LogP contribution in [0.4, 0.5) is 0 Å². The second-order valence-electron chi connectivity index (χ2n) is 6.21. The van der Waals surface area contributed by atoms with Crippen molar-refractivity contribution in [2.45, 2.75) is 19.8 Å². The average molecular weight is 487 g/mol. The van der Waals surface area contributed by atoms with Gasteiger partial charge in [-0.25, -0.2) is 0 Å². The Labute approximate surface area is 176 Å². The summed E-state index contributed by atoms with van der Waals surface area (Å²) < 4.78 is 10.8. The summed E-state index contributed by atoms with van der Waals surface area (Å²) in [6.07, 6.45) is 2.00. The second-order valence-corrected chi connectivity index (χ2v) is 7.24. The van der Waals surface area contributed by atoms with Crippen LogP contribution in [0.3, 0.4) is 0 Å². The minimum Gasteiger partial charge on any atom is -0.454 e. The predicted octanol–water partition coefficient (Wildman–Crippen LogP) is 3.68. The third kappa shape index (κ3) is 6.05. The molecule has 3 rings (SSSR count). The molecule has 1 unspecified atom stereocenters. The predicted molar refractivity (Wildman–Crippen MR) is 118 cm³/mol. The minimum atomic E-state index is 0. The quantitative estimate of drug-likeness (QED) is 0.356. The molecule has 0 radical (unpaired) electrons. The Kier molecular flexibility index (Phi) is 8.50. The summed E-state index contributed by atoms with van der Waals surface area (Å²) in [5, 5.41) is 8.91. The maximum atomic E-state index is 5.42. The molecule has 0 fully saturated rings. The molecule has 26 heavy (non-hydrogen) atoms. The largest absolute Gasteiger partial charge is 0.454 e. The van der Waals surface area contributed by atoms with Crippen molar-refractivity contribution in [2.24, 2.45) is 10.9 Å². The molecule has 2 aromatic rings. The van der Waals surface area contributed by atoms with Crippen molar-refractivity contribution < 1.29 is 9.47 Å². The van der Waals surface area contributed by atoms with Gasteiger partial charge in [-0.2, -0.15) is 0 Å². The maximum absolute atomic E-state index is 5.42. The lowest BCUT2D eigenvalue weighted by molar-refractivity contribution is 0.174. The lowest BCUT2D eigenvalue weighted by atomic mass is 10.1. The number of ether oxygens (including phenoxy) is 2. The van der Waals surface area contributed by atoms with Crippen LogP contribution in [0.15, 0.2) is 40.7 Å². The Morgan fingerprint density at radius 3 is 2.85 bits per heavy atom. The summed E-state index contributed by atoms with van der Waals surface area (Å²) >= 11 is 1.82. The van der Waals surface area contributed by atoms with Crippen molar-refractivity contribution in [1.82, 2.24) is 10.6 Å². The Hall–Kier alpha value is -1.48. The van der Waals surface area contributed by atoms with Crippen LogP contribution in [0.25, 0.3) is 0 Å². The van der Waals surface area contributed by atoms with Gasteiger partial charge in [0, 0.05) is 25.0 Å². The summed E-state index contributed by atoms with van der Waals surface area (Å²) in [6.45, 7) is 4.30. The molecule has 1 atom stereocenters. The van der Waals surface area contributed by atoms with E-state index in [0.717, 1.165) is 43.4 Å². The number of hydrogen-bond acceptors (Lipinski definition) is 4. The SMILES string of the molecule is CN=C(NCCc1ccc2c(c1)OCO2)NCC(C)Cc1cccs1.I. The second kappa shape index (κ2) is 10.6. The fourth-order valence-electron chi connectivity index (χ4n) is 2.76. The summed E-state index contributed by atoms with van der Waals surface area (Å²) in [4.78, 5) is 5.73. The highest BCUT2D eigenvalue weighted by Crippen LogP contribution is 2.32. The molecular weight excluding hydrogens is 461 g/mol. The van der Waals surface area contributed by atoms with E-state index in [4.69, 9.17) is 9.47 Å². The van der Waals surface area contributed by atoms with Gasteiger partial charge in [-0.3, -0.25) is 4.99 Å². The zero-order valence-electron chi connectivity index (χ0n) is 15.2. The maximum Gasteiger partial charge on any atom is 0.231 e. The molecular formula is C19H26IN3O2S. The lowest BCUT2D eigenvalue weighted by Crippen LogP contribution is -2.40. The molecule has 5 nitrogen and oxygen atoms in total. The highest BCUT2D eigenvalue weighted by Gasteiger charge is 2.13. The van der Waals surface area contributed by atoms with Gasteiger partial charge in [0.2, 0.25) is 6.79 Å². The van der Waals surface area contributed by atoms with Crippen LogP contribution in [-0.2, 0) is 12.8 Å². The topological polar surface area (TPSA) is 54.9 Å². The molecule has 1 aliphatic heterocycles. The highest BCUT2D eigenvalue weighted by atomic mass is 127. The highest BCUT2D eigenvalue weighted by molar-refractivity contribution is 14.0. The van der Waals surface area contributed by atoms with Crippen molar-refractivity contribution in [1.29, 1.82) is 0 Å². The van der Waals surface area contributed by atoms with Crippen LogP contribution >= 0.6 is 35.3 Å². The van der Waals surface area contributed by atoms with Gasteiger partial charge < -0.3 is 20.1 Å². The normalized spacial score (nSPS) is 13.8. The van der Waals surface area contributed by atoms with E-state index >= 15 is 0 Å². The van der Waals surface area contributed by atoms with Gasteiger partial charge in [0.05, 0.1) is 0 Å². The molecule has 0 saturated heterocycles. The molecule has 1 aromatic carbocycles. The summed E-state index contributed by atoms with van der Waals surface area (Å²) in [5.74, 6) is 3.07. The van der Waals surface area contributed by atoms with Crippen LogP contribution in [-0.4, -0.2) is 32.9 Å². The third-order valence-corrected chi connectivity index (χ3v) is 5.01. The molecule has 2 heterocycles. The Bertz CT molecular complexity index is 707. The van der Waals surface area contributed by atoms with Crippen LogP contribution < -0.4 is 20.1 Å². The molecule has 0 saturated carbocycles. The number of halogens is 1. The first kappa shape index (κ1) is 20.8. The van der Waals surface area contributed by atoms with Gasteiger partial charge >= 0.3 is 0 Å². The lowest BCUT2D eigenvalue weighted by Gasteiger charge is -2.15. The molecule has 2 N–H and O–H groups in total. The molecule has 7 heteroatoms. The van der Waals surface area contributed by atoms with E-state index in [9.17, 15) is 0 Å². The standard InChI is InChI=1S/C19H25N3O2S.HI/c1-14(10-16-4-3-9-25-16)12-22-19(20-2)21-8-7-15-5-6-17-18(11-15)24-13-23-17;/h3-6,9,11,14H,7-8,10,12-13H2,1-2H3,(H2,20,21,22);1H. The molecule has 0 amide bonds. The van der Waals surface area contributed by atoms with E-state index < -0.39 is 0 Å². The zero-order valence-corrected chi connectivity index (χ0v) is 18.3. The van der Waals surface area contributed by atoms with Gasteiger partial charge in [-0.1, -0.05) is 19.1 Å². The smallest absolute Gasteiger partial charge is 0.231 e. The van der Waals surface area contributed by atoms with Crippen molar-refractivity contribution in [3.05, 3.63) is 46.2 Å². The van der Waals surface area contributed by atoms with Crippen molar-refractivity contribution in [3.8, 4) is 11.5 Å². The van der Waals surface area contributed by atoms with Crippen molar-refractivity contribution in [2.75, 3.05) is 26.9 Å². The number of guanidine groups is 1. The molecule has 0 aliphatic carbocycles. The number of rotatable bonds is 7. The van der Waals surface area contributed by atoms with E-state index in [1.165, 1.54) is 10.4 Å². The van der Waals surface area contributed by atoms with Gasteiger partial charge in [0.15, 0.2) is 17.5 Å². The molecule has 0 spiro atoms. The third-order valence-electron chi connectivity index (χ3n) is 4.11. The fourth-order valence-corrected chi connectivity index (χ4v) is 3.63. The molecule has 1 aromatic heterocycles. The monoisotopic (exact) mass is 487 g/mol. The average Bonchev–Trinajstić information content (AvgIpc) is 3.28. The van der Waals surface area contributed by atoms with Gasteiger partial charge in [0.25, 0.3) is 0 Å². The van der Waals surface area contributed by atoms with Crippen LogP contribution in [0.1, 0.15) is 17.4 Å². The van der Waals surface area contributed by atoms with Gasteiger partial charge in [-0.05, 0) is 47.9 Å². The van der Waals surface area contributed by atoms with Crippen LogP contribution in [0.2, 0.25) is 0 Å². The number of hydrogen-bond donors (Lipinski definition) is 2. The van der Waals surface area contributed by atoms with E-state index in [0.29, 0.717) is 12.7 Å². The number of thiophene rings is 1. The van der Waals surface area contributed by atoms with E-state index in [2.05, 4.69) is 46.1 Å². The number of nitrogens with one attached hydrogen (secondary N) is 2. The number of aliphatic imine (C=N–C) groups is 1. The molecule has 1 aliphatic rings. The van der Waals surface area contributed by atoms with Crippen molar-refractivity contribution in [3.63, 3.8) is 0 Å². The molecule has 0 bridgehead atoms. The van der Waals surface area contributed by atoms with E-state index in [1.54, 1.807) is 7.05 Å². The fraction of sp³-hybridized carbons (Fsp3) is 0.421. The number of benzene rings is 1. The van der Waals surface area contributed by atoms with Crippen molar-refractivity contribution >= 4 is 41.3 Å². The van der Waals surface area contributed by atoms with Gasteiger partial charge in [0.1, 0.15) is 0 Å². The van der Waals surface area contributed by atoms with Crippen LogP contribution in [0, 0.1) is 5.92 Å². The Morgan fingerprint density at radius 1 is 1.23 bits per heavy atom. The van der Waals surface area contributed by atoms with E-state index in [-0.39, 0.29) is 24.0 Å². The Morgan fingerprint density at radius 2 is 2.08 bits per heavy atom. The number of nitrogens with zero attached hydrogens (tertiary/aromatic N) is 1. The minimum absolute atomic E-state index is 0. The van der Waals surface area contributed by atoms with E-state index in [1.807, 2.05) is 23.5 Å².